The quantitative estimate of drug-likeness (QED) is 0.579. The minimum atomic E-state index is -1.10. The zero-order valence-electron chi connectivity index (χ0n) is 15.2. The molecule has 1 N–H and O–H groups in total. The Balaban J connectivity index is 1.72. The van der Waals surface area contributed by atoms with Gasteiger partial charge in [0.15, 0.2) is 0 Å². The first kappa shape index (κ1) is 17.0. The van der Waals surface area contributed by atoms with E-state index in [4.69, 9.17) is 4.74 Å². The molecule has 0 spiro atoms. The van der Waals surface area contributed by atoms with Gasteiger partial charge in [0.05, 0.1) is 6.10 Å². The number of aliphatic hydroxyl groups excluding tert-OH is 1. The van der Waals surface area contributed by atoms with Crippen LogP contribution < -0.4 is 0 Å². The molecule has 0 heterocycles. The normalized spacial score (nSPS) is 48.0. The number of hydrogen-bond donors (Lipinski definition) is 1. The molecule has 4 aliphatic carbocycles. The van der Waals surface area contributed by atoms with Gasteiger partial charge in [-0.1, -0.05) is 49.3 Å². The molecular formula is C21H27FO3. The van der Waals surface area contributed by atoms with Crippen molar-refractivity contribution in [2.24, 2.45) is 22.7 Å². The van der Waals surface area contributed by atoms with Gasteiger partial charge in [-0.05, 0) is 37.5 Å². The Labute approximate surface area is 148 Å². The lowest BCUT2D eigenvalue weighted by molar-refractivity contribution is -0.156. The molecule has 136 valence electrons. The van der Waals surface area contributed by atoms with Crippen molar-refractivity contribution in [3.8, 4) is 0 Å². The summed E-state index contributed by atoms with van der Waals surface area (Å²) in [5.74, 6) is 0.0608. The molecular weight excluding hydrogens is 319 g/mol. The van der Waals surface area contributed by atoms with E-state index >= 15 is 0 Å². The highest BCUT2D eigenvalue weighted by molar-refractivity contribution is 5.66. The number of carbonyl (C=O) groups excluding carboxylic acids is 1. The summed E-state index contributed by atoms with van der Waals surface area (Å²) in [4.78, 5) is 11.5. The first-order valence-corrected chi connectivity index (χ1v) is 9.35. The summed E-state index contributed by atoms with van der Waals surface area (Å²) in [5, 5.41) is 9.96. The van der Waals surface area contributed by atoms with Crippen molar-refractivity contribution in [3.63, 3.8) is 0 Å². The molecule has 3 unspecified atom stereocenters. The van der Waals surface area contributed by atoms with Gasteiger partial charge in [-0.2, -0.15) is 0 Å². The summed E-state index contributed by atoms with van der Waals surface area (Å²) in [6, 6.07) is 0. The zero-order chi connectivity index (χ0) is 18.0. The van der Waals surface area contributed by atoms with E-state index in [0.29, 0.717) is 18.8 Å². The van der Waals surface area contributed by atoms with E-state index in [1.807, 2.05) is 6.08 Å². The average Bonchev–Trinajstić information content (AvgIpc) is 2.79. The molecule has 0 aliphatic heterocycles. The average molecular weight is 346 g/mol. The van der Waals surface area contributed by atoms with Crippen molar-refractivity contribution in [2.45, 2.75) is 64.8 Å². The first-order valence-electron chi connectivity index (χ1n) is 9.35. The zero-order valence-corrected chi connectivity index (χ0v) is 15.2. The molecule has 0 radical (unpaired) electrons. The molecule has 0 bridgehead atoms. The molecule has 0 amide bonds. The van der Waals surface area contributed by atoms with Crippen molar-refractivity contribution in [3.05, 3.63) is 35.5 Å². The Kier molecular flexibility index (Phi) is 3.77. The number of aliphatic hydroxyl groups is 1. The van der Waals surface area contributed by atoms with Crippen LogP contribution in [-0.4, -0.2) is 29.5 Å². The highest BCUT2D eigenvalue weighted by Crippen LogP contribution is 2.63. The molecule has 25 heavy (non-hydrogen) atoms. The van der Waals surface area contributed by atoms with Gasteiger partial charge in [-0.25, -0.2) is 4.39 Å². The van der Waals surface area contributed by atoms with Crippen LogP contribution in [0.3, 0.4) is 0 Å². The summed E-state index contributed by atoms with van der Waals surface area (Å²) < 4.78 is 20.2. The predicted octanol–water partition coefficient (Wildman–Crippen LogP) is 3.89. The Morgan fingerprint density at radius 3 is 2.80 bits per heavy atom. The van der Waals surface area contributed by atoms with Crippen molar-refractivity contribution >= 4 is 5.97 Å². The Hall–Kier alpha value is -1.42. The topological polar surface area (TPSA) is 46.5 Å². The van der Waals surface area contributed by atoms with Crippen LogP contribution in [-0.2, 0) is 9.53 Å². The number of fused-ring (bicyclic) bond motifs is 5. The second kappa shape index (κ2) is 5.54. The monoisotopic (exact) mass is 346 g/mol. The second-order valence-electron chi connectivity index (χ2n) is 8.70. The maximum atomic E-state index is 14.8. The van der Waals surface area contributed by atoms with Gasteiger partial charge in [-0.15, -0.1) is 0 Å². The van der Waals surface area contributed by atoms with Crippen LogP contribution in [0.2, 0.25) is 0 Å². The Morgan fingerprint density at radius 2 is 2.08 bits per heavy atom. The van der Waals surface area contributed by atoms with Crippen LogP contribution in [0.5, 0.6) is 0 Å². The van der Waals surface area contributed by atoms with Gasteiger partial charge in [0.1, 0.15) is 12.3 Å². The summed E-state index contributed by atoms with van der Waals surface area (Å²) >= 11 is 0. The summed E-state index contributed by atoms with van der Waals surface area (Å²) in [5.41, 5.74) is 2.16. The standard InChI is InChI=1S/C21H27FO3/c1-12(23)25-19-18(22)11-17-15-5-4-13-10-14(24)6-8-20(13,2)16(15)7-9-21(17,19)3/h4-6,8,14,16-19,24H,7,9-11H2,1-3H3/t14?,16-,17+,18?,19?,20+,21+/m1/s1. The number of ether oxygens (including phenoxy) is 1. The lowest BCUT2D eigenvalue weighted by atomic mass is 9.52. The van der Waals surface area contributed by atoms with Crippen molar-refractivity contribution in [1.29, 1.82) is 0 Å². The van der Waals surface area contributed by atoms with Crippen LogP contribution in [0.4, 0.5) is 4.39 Å². The predicted molar refractivity (Wildman–Crippen MR) is 93.4 cm³/mol. The van der Waals surface area contributed by atoms with Crippen LogP contribution in [0, 0.1) is 22.7 Å². The molecule has 0 aromatic rings. The van der Waals surface area contributed by atoms with Gasteiger partial charge in [0.2, 0.25) is 0 Å². The molecule has 7 atom stereocenters. The van der Waals surface area contributed by atoms with Gasteiger partial charge in [0.25, 0.3) is 0 Å². The first-order chi connectivity index (χ1) is 11.8. The minimum absolute atomic E-state index is 0.0873. The molecule has 4 rings (SSSR count). The minimum Gasteiger partial charge on any atom is -0.459 e. The fourth-order valence-electron chi connectivity index (χ4n) is 5.91. The lowest BCUT2D eigenvalue weighted by Crippen LogP contribution is -2.47. The van der Waals surface area contributed by atoms with Gasteiger partial charge < -0.3 is 9.84 Å². The number of esters is 1. The summed E-state index contributed by atoms with van der Waals surface area (Å²) in [6.07, 6.45) is 9.14. The molecule has 2 saturated carbocycles. The van der Waals surface area contributed by atoms with E-state index in [9.17, 15) is 14.3 Å². The SMILES string of the molecule is CC(=O)OC1C(F)C[C@H]2C3=CC=C4CC(O)C=C[C@]4(C)[C@@H]3CC[C@]12C. The fourth-order valence-corrected chi connectivity index (χ4v) is 5.91. The van der Waals surface area contributed by atoms with E-state index in [0.717, 1.165) is 12.8 Å². The number of carbonyl (C=O) groups is 1. The number of hydrogen-bond acceptors (Lipinski definition) is 3. The Bertz CT molecular complexity index is 693. The second-order valence-corrected chi connectivity index (χ2v) is 8.70. The molecule has 4 aliphatic rings. The number of allylic oxidation sites excluding steroid dienone is 4. The highest BCUT2D eigenvalue weighted by Gasteiger charge is 2.60. The van der Waals surface area contributed by atoms with Crippen LogP contribution in [0.15, 0.2) is 35.5 Å². The van der Waals surface area contributed by atoms with Crippen molar-refractivity contribution in [2.75, 3.05) is 0 Å². The maximum absolute atomic E-state index is 14.8. The third kappa shape index (κ3) is 2.37. The highest BCUT2D eigenvalue weighted by atomic mass is 19.1. The van der Waals surface area contributed by atoms with Crippen LogP contribution >= 0.6 is 0 Å². The summed E-state index contributed by atoms with van der Waals surface area (Å²) in [6.45, 7) is 5.69. The fraction of sp³-hybridized carbons (Fsp3) is 0.667. The third-order valence-corrected chi connectivity index (χ3v) is 7.29. The number of alkyl halides is 1. The lowest BCUT2D eigenvalue weighted by Gasteiger charge is -2.52. The van der Waals surface area contributed by atoms with E-state index in [1.54, 1.807) is 0 Å². The van der Waals surface area contributed by atoms with E-state index in [-0.39, 0.29) is 16.7 Å². The largest absolute Gasteiger partial charge is 0.459 e. The maximum Gasteiger partial charge on any atom is 0.303 e. The summed E-state index contributed by atoms with van der Waals surface area (Å²) in [7, 11) is 0. The third-order valence-electron chi connectivity index (χ3n) is 7.29. The number of rotatable bonds is 1. The smallest absolute Gasteiger partial charge is 0.303 e. The Morgan fingerprint density at radius 1 is 1.32 bits per heavy atom. The van der Waals surface area contributed by atoms with Gasteiger partial charge in [-0.3, -0.25) is 4.79 Å². The molecule has 0 saturated heterocycles. The number of halogens is 1. The molecule has 4 heteroatoms. The van der Waals surface area contributed by atoms with E-state index < -0.39 is 24.3 Å². The molecule has 3 nitrogen and oxygen atoms in total. The molecule has 0 aromatic heterocycles. The molecule has 0 aromatic carbocycles. The van der Waals surface area contributed by atoms with Gasteiger partial charge in [0, 0.05) is 17.8 Å². The van der Waals surface area contributed by atoms with Crippen molar-refractivity contribution < 1.29 is 19.0 Å². The van der Waals surface area contributed by atoms with Crippen LogP contribution in [0.1, 0.15) is 46.5 Å². The molecule has 2 fully saturated rings. The van der Waals surface area contributed by atoms with Crippen molar-refractivity contribution in [1.82, 2.24) is 0 Å². The van der Waals surface area contributed by atoms with E-state index in [1.165, 1.54) is 18.1 Å². The van der Waals surface area contributed by atoms with E-state index in [2.05, 4.69) is 32.1 Å². The van der Waals surface area contributed by atoms with Crippen LogP contribution in [0.25, 0.3) is 0 Å². The van der Waals surface area contributed by atoms with Gasteiger partial charge >= 0.3 is 5.97 Å².